The largest absolute Gasteiger partial charge is 0.478 e. The number of nitrogens with zero attached hydrogens (tertiary/aromatic N) is 2. The second kappa shape index (κ2) is 6.52. The van der Waals surface area contributed by atoms with Gasteiger partial charge < -0.3 is 10.1 Å². The highest BCUT2D eigenvalue weighted by molar-refractivity contribution is 6.31. The van der Waals surface area contributed by atoms with E-state index in [0.717, 1.165) is 12.1 Å². The van der Waals surface area contributed by atoms with E-state index >= 15 is 0 Å². The summed E-state index contributed by atoms with van der Waals surface area (Å²) in [6.45, 7) is 4.47. The summed E-state index contributed by atoms with van der Waals surface area (Å²) in [5.74, 6) is 0.434. The van der Waals surface area contributed by atoms with E-state index in [1.54, 1.807) is 12.1 Å². The molecule has 0 atom stereocenters. The van der Waals surface area contributed by atoms with Crippen molar-refractivity contribution in [2.45, 2.75) is 20.3 Å². The fraction of sp³-hybridized carbons (Fsp3) is 0.286. The van der Waals surface area contributed by atoms with Crippen molar-refractivity contribution in [3.63, 3.8) is 0 Å². The van der Waals surface area contributed by atoms with Gasteiger partial charge in [-0.1, -0.05) is 18.5 Å². The Hall–Kier alpha value is -1.88. The molecular formula is C14H15ClFN3O. The zero-order valence-electron chi connectivity index (χ0n) is 11.3. The molecular weight excluding hydrogens is 281 g/mol. The quantitative estimate of drug-likeness (QED) is 0.902. The van der Waals surface area contributed by atoms with Crippen LogP contribution in [0.25, 0.3) is 0 Å². The van der Waals surface area contributed by atoms with Gasteiger partial charge in [0.2, 0.25) is 11.8 Å². The fourth-order valence-corrected chi connectivity index (χ4v) is 1.76. The maximum atomic E-state index is 13.1. The Labute approximate surface area is 122 Å². The van der Waals surface area contributed by atoms with Crippen molar-refractivity contribution in [1.82, 2.24) is 9.97 Å². The second-order valence-corrected chi connectivity index (χ2v) is 4.68. The minimum Gasteiger partial charge on any atom is -0.478 e. The molecule has 0 saturated heterocycles. The van der Waals surface area contributed by atoms with Crippen LogP contribution >= 0.6 is 11.6 Å². The first-order valence-electron chi connectivity index (χ1n) is 6.29. The van der Waals surface area contributed by atoms with E-state index in [1.165, 1.54) is 12.1 Å². The van der Waals surface area contributed by atoms with Gasteiger partial charge in [0.05, 0.1) is 11.6 Å². The Morgan fingerprint density at radius 3 is 2.80 bits per heavy atom. The predicted molar refractivity (Wildman–Crippen MR) is 77.2 cm³/mol. The van der Waals surface area contributed by atoms with Crippen LogP contribution in [-0.2, 0) is 0 Å². The molecule has 0 aliphatic rings. The molecule has 1 heterocycles. The lowest BCUT2D eigenvalue weighted by Crippen LogP contribution is -2.03. The smallest absolute Gasteiger partial charge is 0.230 e. The van der Waals surface area contributed by atoms with Crippen LogP contribution in [-0.4, -0.2) is 16.6 Å². The van der Waals surface area contributed by atoms with Crippen LogP contribution < -0.4 is 10.1 Å². The number of benzene rings is 1. The SMILES string of the molecule is CCCOc1cc(C)nc(Nc2ccc(F)c(Cl)c2)n1. The van der Waals surface area contributed by atoms with Gasteiger partial charge in [-0.25, -0.2) is 9.37 Å². The van der Waals surface area contributed by atoms with Gasteiger partial charge in [0.1, 0.15) is 5.82 Å². The van der Waals surface area contributed by atoms with Crippen molar-refractivity contribution in [3.05, 3.63) is 40.8 Å². The molecule has 2 rings (SSSR count). The van der Waals surface area contributed by atoms with Crippen molar-refractivity contribution in [3.8, 4) is 5.88 Å². The van der Waals surface area contributed by atoms with Gasteiger partial charge in [0, 0.05) is 17.4 Å². The van der Waals surface area contributed by atoms with E-state index in [-0.39, 0.29) is 5.02 Å². The van der Waals surface area contributed by atoms with Crippen LogP contribution in [0.5, 0.6) is 5.88 Å². The van der Waals surface area contributed by atoms with E-state index in [2.05, 4.69) is 15.3 Å². The summed E-state index contributed by atoms with van der Waals surface area (Å²) in [4.78, 5) is 8.49. The summed E-state index contributed by atoms with van der Waals surface area (Å²) in [6, 6.07) is 6.10. The third-order valence-corrected chi connectivity index (χ3v) is 2.75. The number of halogens is 2. The highest BCUT2D eigenvalue weighted by atomic mass is 35.5. The van der Waals surface area contributed by atoms with Gasteiger partial charge >= 0.3 is 0 Å². The average molecular weight is 296 g/mol. The summed E-state index contributed by atoms with van der Waals surface area (Å²) < 4.78 is 18.6. The van der Waals surface area contributed by atoms with E-state index in [9.17, 15) is 4.39 Å². The molecule has 0 aliphatic heterocycles. The monoisotopic (exact) mass is 295 g/mol. The summed E-state index contributed by atoms with van der Waals surface area (Å²) in [5.41, 5.74) is 1.39. The first-order valence-corrected chi connectivity index (χ1v) is 6.67. The number of nitrogens with one attached hydrogen (secondary N) is 1. The lowest BCUT2D eigenvalue weighted by atomic mass is 10.3. The van der Waals surface area contributed by atoms with Gasteiger partial charge in [-0.15, -0.1) is 0 Å². The zero-order chi connectivity index (χ0) is 14.5. The summed E-state index contributed by atoms with van der Waals surface area (Å²) in [6.07, 6.45) is 0.902. The van der Waals surface area contributed by atoms with Crippen LogP contribution in [0.15, 0.2) is 24.3 Å². The van der Waals surface area contributed by atoms with E-state index in [1.807, 2.05) is 13.8 Å². The molecule has 2 aromatic rings. The molecule has 1 N–H and O–H groups in total. The van der Waals surface area contributed by atoms with Crippen molar-refractivity contribution < 1.29 is 9.13 Å². The molecule has 0 spiro atoms. The Bertz CT molecular complexity index is 607. The Morgan fingerprint density at radius 1 is 1.30 bits per heavy atom. The first kappa shape index (κ1) is 14.5. The standard InChI is InChI=1S/C14H15ClFN3O/c1-3-6-20-13-7-9(2)17-14(19-13)18-10-4-5-12(16)11(15)8-10/h4-5,7-8H,3,6H2,1-2H3,(H,17,18,19). The lowest BCUT2D eigenvalue weighted by molar-refractivity contribution is 0.305. The molecule has 1 aromatic carbocycles. The van der Waals surface area contributed by atoms with Crippen LogP contribution in [0.3, 0.4) is 0 Å². The molecule has 20 heavy (non-hydrogen) atoms. The highest BCUT2D eigenvalue weighted by Gasteiger charge is 2.06. The van der Waals surface area contributed by atoms with Gasteiger partial charge in [-0.3, -0.25) is 0 Å². The highest BCUT2D eigenvalue weighted by Crippen LogP contribution is 2.22. The zero-order valence-corrected chi connectivity index (χ0v) is 12.0. The maximum Gasteiger partial charge on any atom is 0.230 e. The summed E-state index contributed by atoms with van der Waals surface area (Å²) in [7, 11) is 0. The normalized spacial score (nSPS) is 10.4. The van der Waals surface area contributed by atoms with Gasteiger partial charge in [-0.05, 0) is 31.5 Å². The molecule has 106 valence electrons. The van der Waals surface area contributed by atoms with Gasteiger partial charge in [-0.2, -0.15) is 4.98 Å². The van der Waals surface area contributed by atoms with Crippen LogP contribution in [0.4, 0.5) is 16.0 Å². The Balaban J connectivity index is 2.19. The predicted octanol–water partition coefficient (Wildman–Crippen LogP) is 4.11. The third kappa shape index (κ3) is 3.81. The number of aromatic nitrogens is 2. The molecule has 4 nitrogen and oxygen atoms in total. The molecule has 6 heteroatoms. The molecule has 0 bridgehead atoms. The molecule has 0 radical (unpaired) electrons. The molecule has 0 unspecified atom stereocenters. The van der Waals surface area contributed by atoms with Crippen LogP contribution in [0, 0.1) is 12.7 Å². The number of rotatable bonds is 5. The molecule has 0 saturated carbocycles. The summed E-state index contributed by atoms with van der Waals surface area (Å²) in [5, 5.41) is 3.02. The molecule has 0 fully saturated rings. The second-order valence-electron chi connectivity index (χ2n) is 4.27. The van der Waals surface area contributed by atoms with Gasteiger partial charge in [0.15, 0.2) is 0 Å². The van der Waals surface area contributed by atoms with Crippen molar-refractivity contribution in [2.75, 3.05) is 11.9 Å². The van der Waals surface area contributed by atoms with Crippen molar-refractivity contribution in [2.24, 2.45) is 0 Å². The van der Waals surface area contributed by atoms with E-state index < -0.39 is 5.82 Å². The molecule has 0 amide bonds. The third-order valence-electron chi connectivity index (χ3n) is 2.46. The Morgan fingerprint density at radius 2 is 2.10 bits per heavy atom. The maximum absolute atomic E-state index is 13.1. The van der Waals surface area contributed by atoms with E-state index in [4.69, 9.17) is 16.3 Å². The number of hydrogen-bond acceptors (Lipinski definition) is 4. The van der Waals surface area contributed by atoms with Crippen molar-refractivity contribution >= 4 is 23.2 Å². The molecule has 1 aromatic heterocycles. The number of aryl methyl sites for hydroxylation is 1. The first-order chi connectivity index (χ1) is 9.58. The molecule has 0 aliphatic carbocycles. The topological polar surface area (TPSA) is 47.0 Å². The summed E-state index contributed by atoms with van der Waals surface area (Å²) >= 11 is 5.73. The lowest BCUT2D eigenvalue weighted by Gasteiger charge is -2.09. The van der Waals surface area contributed by atoms with Crippen molar-refractivity contribution in [1.29, 1.82) is 0 Å². The number of ether oxygens (including phenoxy) is 1. The van der Waals surface area contributed by atoms with Crippen LogP contribution in [0.1, 0.15) is 19.0 Å². The van der Waals surface area contributed by atoms with Crippen LogP contribution in [0.2, 0.25) is 5.02 Å². The van der Waals surface area contributed by atoms with E-state index in [0.29, 0.717) is 24.1 Å². The van der Waals surface area contributed by atoms with Gasteiger partial charge in [0.25, 0.3) is 0 Å². The number of hydrogen-bond donors (Lipinski definition) is 1. The minimum absolute atomic E-state index is 0.0464. The fourth-order valence-electron chi connectivity index (χ4n) is 1.58. The average Bonchev–Trinajstić information content (AvgIpc) is 2.40. The Kier molecular flexibility index (Phi) is 4.74. The minimum atomic E-state index is -0.464. The number of anilines is 2.